The largest absolute Gasteiger partial charge is 0.489 e. The highest BCUT2D eigenvalue weighted by Gasteiger charge is 2.35. The van der Waals surface area contributed by atoms with Crippen LogP contribution in [0, 0.1) is 11.6 Å². The number of rotatable bonds is 7. The van der Waals surface area contributed by atoms with Gasteiger partial charge in [-0.25, -0.2) is 8.78 Å². The molecule has 1 aliphatic carbocycles. The number of nitrogens with one attached hydrogen (secondary N) is 1. The summed E-state index contributed by atoms with van der Waals surface area (Å²) in [6.07, 6.45) is 7.81. The molecular formula is C25H28ClF2N3O2. The molecule has 1 fully saturated rings. The lowest BCUT2D eigenvalue weighted by Gasteiger charge is -2.44. The van der Waals surface area contributed by atoms with Crippen molar-refractivity contribution in [2.24, 2.45) is 5.73 Å². The Labute approximate surface area is 197 Å². The van der Waals surface area contributed by atoms with Crippen LogP contribution in [0.5, 0.6) is 5.75 Å². The highest BCUT2D eigenvalue weighted by Crippen LogP contribution is 2.35. The Kier molecular flexibility index (Phi) is 6.91. The lowest BCUT2D eigenvalue weighted by molar-refractivity contribution is 0.0421. The zero-order valence-electron chi connectivity index (χ0n) is 18.3. The maximum Gasteiger partial charge on any atom is 0.249 e. The number of fused-ring (bicyclic) bond motifs is 2. The molecule has 1 amide bonds. The number of hydrogen-bond donors (Lipinski definition) is 2. The Bertz CT molecular complexity index is 1160. The molecule has 0 radical (unpaired) electrons. The summed E-state index contributed by atoms with van der Waals surface area (Å²) in [5.41, 5.74) is 8.45. The highest BCUT2D eigenvalue weighted by atomic mass is 35.5. The van der Waals surface area contributed by atoms with E-state index in [1.807, 2.05) is 12.3 Å². The van der Waals surface area contributed by atoms with Gasteiger partial charge in [-0.1, -0.05) is 6.42 Å². The van der Waals surface area contributed by atoms with Crippen LogP contribution in [0.25, 0.3) is 10.9 Å². The van der Waals surface area contributed by atoms with Crippen LogP contribution in [-0.4, -0.2) is 41.0 Å². The molecule has 8 heteroatoms. The number of nitrogens with zero attached hydrogens (tertiary/aromatic N) is 1. The van der Waals surface area contributed by atoms with E-state index in [0.29, 0.717) is 30.2 Å². The second kappa shape index (κ2) is 9.69. The molecule has 176 valence electrons. The second-order valence-corrected chi connectivity index (χ2v) is 8.87. The van der Waals surface area contributed by atoms with Crippen LogP contribution in [-0.2, 0) is 12.8 Å². The summed E-state index contributed by atoms with van der Waals surface area (Å²) in [6.45, 7) is 1.28. The topological polar surface area (TPSA) is 71.4 Å². The average Bonchev–Trinajstić information content (AvgIpc) is 3.13. The van der Waals surface area contributed by atoms with Crippen molar-refractivity contribution in [3.63, 3.8) is 0 Å². The number of H-pyrrole nitrogens is 1. The van der Waals surface area contributed by atoms with Gasteiger partial charge in [0, 0.05) is 40.3 Å². The van der Waals surface area contributed by atoms with Crippen molar-refractivity contribution in [1.82, 2.24) is 9.88 Å². The number of primary amides is 1. The van der Waals surface area contributed by atoms with E-state index in [-0.39, 0.29) is 30.0 Å². The molecule has 1 aliphatic heterocycles. The quantitative estimate of drug-likeness (QED) is 0.517. The molecule has 1 aromatic heterocycles. The maximum absolute atomic E-state index is 14.3. The molecule has 0 bridgehead atoms. The van der Waals surface area contributed by atoms with Gasteiger partial charge in [0.1, 0.15) is 12.4 Å². The van der Waals surface area contributed by atoms with Gasteiger partial charge in [0.2, 0.25) is 5.91 Å². The number of carbonyl (C=O) groups excluding carboxylic acids is 1. The van der Waals surface area contributed by atoms with E-state index in [4.69, 9.17) is 10.5 Å². The summed E-state index contributed by atoms with van der Waals surface area (Å²) in [6, 6.07) is 8.09. The standard InChI is InChI=1S/C25H27F2N3O2.ClH/c26-16-6-7-19-15(13-29-23(19)11-16)3-2-10-30(17-4-1-5-17)18-12-21-20(25(28)31)8-9-22(27)24(21)32-14-18;/h6-9,11,13,17-18,29H,1-5,10,12,14H2,(H2,28,31);1H. The van der Waals surface area contributed by atoms with E-state index in [1.54, 1.807) is 0 Å². The molecule has 0 spiro atoms. The van der Waals surface area contributed by atoms with Crippen molar-refractivity contribution >= 4 is 29.2 Å². The van der Waals surface area contributed by atoms with E-state index in [9.17, 15) is 13.6 Å². The fraction of sp³-hybridized carbons (Fsp3) is 0.400. The molecule has 1 saturated carbocycles. The lowest BCUT2D eigenvalue weighted by atomic mass is 9.87. The second-order valence-electron chi connectivity index (χ2n) is 8.87. The summed E-state index contributed by atoms with van der Waals surface area (Å²) >= 11 is 0. The fourth-order valence-electron chi connectivity index (χ4n) is 5.07. The van der Waals surface area contributed by atoms with E-state index in [2.05, 4.69) is 9.88 Å². The van der Waals surface area contributed by atoms with Gasteiger partial charge in [0.05, 0.1) is 0 Å². The Morgan fingerprint density at radius 3 is 2.73 bits per heavy atom. The summed E-state index contributed by atoms with van der Waals surface area (Å²) < 4.78 is 33.5. The van der Waals surface area contributed by atoms with Crippen molar-refractivity contribution < 1.29 is 18.3 Å². The van der Waals surface area contributed by atoms with Gasteiger partial charge in [-0.3, -0.25) is 9.69 Å². The van der Waals surface area contributed by atoms with Crippen LogP contribution in [0.1, 0.15) is 47.2 Å². The third kappa shape index (κ3) is 4.57. The first-order chi connectivity index (χ1) is 15.5. The van der Waals surface area contributed by atoms with E-state index >= 15 is 0 Å². The third-order valence-corrected chi connectivity index (χ3v) is 6.94. The number of amides is 1. The number of hydrogen-bond acceptors (Lipinski definition) is 3. The third-order valence-electron chi connectivity index (χ3n) is 6.94. The predicted molar refractivity (Wildman–Crippen MR) is 126 cm³/mol. The zero-order valence-corrected chi connectivity index (χ0v) is 19.1. The zero-order chi connectivity index (χ0) is 22.2. The number of aromatic nitrogens is 1. The normalized spacial score (nSPS) is 17.8. The van der Waals surface area contributed by atoms with Crippen molar-refractivity contribution in [1.29, 1.82) is 0 Å². The number of carbonyl (C=O) groups is 1. The average molecular weight is 476 g/mol. The summed E-state index contributed by atoms with van der Waals surface area (Å²) in [5, 5.41) is 1.05. The minimum absolute atomic E-state index is 0. The van der Waals surface area contributed by atoms with Gasteiger partial charge in [0.15, 0.2) is 11.6 Å². The first-order valence-corrected chi connectivity index (χ1v) is 11.3. The van der Waals surface area contributed by atoms with Crippen molar-refractivity contribution in [2.75, 3.05) is 13.2 Å². The Morgan fingerprint density at radius 1 is 1.18 bits per heavy atom. The van der Waals surface area contributed by atoms with Gasteiger partial charge < -0.3 is 15.5 Å². The van der Waals surface area contributed by atoms with Crippen LogP contribution in [0.2, 0.25) is 0 Å². The molecule has 3 N–H and O–H groups in total. The SMILES string of the molecule is Cl.NC(=O)c1ccc(F)c2c1CC(N(CCCc1c[nH]c3cc(F)ccc13)C1CCC1)CO2. The molecule has 1 atom stereocenters. The Morgan fingerprint density at radius 2 is 2.00 bits per heavy atom. The molecule has 33 heavy (non-hydrogen) atoms. The first-order valence-electron chi connectivity index (χ1n) is 11.3. The molecule has 2 heterocycles. The summed E-state index contributed by atoms with van der Waals surface area (Å²) in [5.74, 6) is -1.09. The van der Waals surface area contributed by atoms with Crippen LogP contribution in [0.3, 0.4) is 0 Å². The van der Waals surface area contributed by atoms with E-state index in [1.165, 1.54) is 36.2 Å². The van der Waals surface area contributed by atoms with E-state index < -0.39 is 11.7 Å². The highest BCUT2D eigenvalue weighted by molar-refractivity contribution is 5.95. The van der Waals surface area contributed by atoms with Gasteiger partial charge in [-0.05, 0) is 74.5 Å². The van der Waals surface area contributed by atoms with Crippen LogP contribution < -0.4 is 10.5 Å². The van der Waals surface area contributed by atoms with Crippen molar-refractivity contribution in [3.8, 4) is 5.75 Å². The molecular weight excluding hydrogens is 448 g/mol. The van der Waals surface area contributed by atoms with Crippen LogP contribution in [0.4, 0.5) is 8.78 Å². The first kappa shape index (κ1) is 23.5. The van der Waals surface area contributed by atoms with Gasteiger partial charge in [0.25, 0.3) is 0 Å². The number of aryl methyl sites for hydroxylation is 1. The van der Waals surface area contributed by atoms with Crippen molar-refractivity contribution in [2.45, 2.75) is 50.6 Å². The van der Waals surface area contributed by atoms with Gasteiger partial charge in [-0.15, -0.1) is 12.4 Å². The number of aromatic amines is 1. The Hall–Kier alpha value is -2.64. The molecule has 2 aliphatic rings. The predicted octanol–water partition coefficient (Wildman–Crippen LogP) is 4.76. The molecule has 0 saturated heterocycles. The molecule has 5 rings (SSSR count). The minimum Gasteiger partial charge on any atom is -0.489 e. The number of nitrogens with two attached hydrogens (primary N) is 1. The summed E-state index contributed by atoms with van der Waals surface area (Å²) in [4.78, 5) is 17.5. The molecule has 5 nitrogen and oxygen atoms in total. The number of benzene rings is 2. The van der Waals surface area contributed by atoms with Crippen LogP contribution >= 0.6 is 12.4 Å². The summed E-state index contributed by atoms with van der Waals surface area (Å²) in [7, 11) is 0. The lowest BCUT2D eigenvalue weighted by Crippen LogP contribution is -2.51. The van der Waals surface area contributed by atoms with Gasteiger partial charge >= 0.3 is 0 Å². The maximum atomic E-state index is 14.3. The smallest absolute Gasteiger partial charge is 0.249 e. The van der Waals surface area contributed by atoms with Crippen LogP contribution in [0.15, 0.2) is 36.5 Å². The molecule has 2 aromatic carbocycles. The monoisotopic (exact) mass is 475 g/mol. The van der Waals surface area contributed by atoms with Gasteiger partial charge in [-0.2, -0.15) is 0 Å². The molecule has 3 aromatic rings. The van der Waals surface area contributed by atoms with Crippen molar-refractivity contribution in [3.05, 3.63) is 64.9 Å². The number of ether oxygens (including phenoxy) is 1. The Balaban J connectivity index is 0.00000259. The number of halogens is 3. The van der Waals surface area contributed by atoms with E-state index in [0.717, 1.165) is 43.1 Å². The molecule has 1 unspecified atom stereocenters. The fourth-order valence-corrected chi connectivity index (χ4v) is 5.07. The minimum atomic E-state index is -0.559.